The molecule has 0 aromatic heterocycles. The van der Waals surface area contributed by atoms with Gasteiger partial charge in [0.2, 0.25) is 10.0 Å². The fourth-order valence-corrected chi connectivity index (χ4v) is 5.20. The number of amides is 2. The van der Waals surface area contributed by atoms with Crippen LogP contribution in [0.25, 0.3) is 0 Å². The lowest BCUT2D eigenvalue weighted by molar-refractivity contribution is 0.0940. The average molecular weight is 458 g/mol. The van der Waals surface area contributed by atoms with Gasteiger partial charge in [-0.3, -0.25) is 9.59 Å². The Balaban J connectivity index is 1.67. The number of benzene rings is 2. The number of carbonyl (C=O) groups excluding carboxylic acids is 2. The number of nitrogens with one attached hydrogen (secondary N) is 2. The van der Waals surface area contributed by atoms with Crippen molar-refractivity contribution in [1.82, 2.24) is 9.62 Å². The monoisotopic (exact) mass is 457 g/mol. The highest BCUT2D eigenvalue weighted by Crippen LogP contribution is 2.19. The van der Waals surface area contributed by atoms with E-state index in [9.17, 15) is 18.0 Å². The molecule has 1 aliphatic heterocycles. The number of anilines is 1. The minimum atomic E-state index is -3.36. The second-order valence-electron chi connectivity index (χ2n) is 8.20. The first-order chi connectivity index (χ1) is 15.3. The van der Waals surface area contributed by atoms with Gasteiger partial charge in [-0.25, -0.2) is 12.7 Å². The molecule has 32 heavy (non-hydrogen) atoms. The number of hydrogen-bond donors (Lipinski definition) is 2. The van der Waals surface area contributed by atoms with E-state index in [0.717, 1.165) is 25.7 Å². The van der Waals surface area contributed by atoms with Crippen LogP contribution in [-0.4, -0.2) is 43.7 Å². The number of rotatable bonds is 8. The molecular weight excluding hydrogens is 426 g/mol. The van der Waals surface area contributed by atoms with Gasteiger partial charge >= 0.3 is 0 Å². The summed E-state index contributed by atoms with van der Waals surface area (Å²) in [6.45, 7) is 5.06. The maximum absolute atomic E-state index is 12.7. The standard InChI is InChI=1S/C24H31N3O4S/c1-3-18(2)25-24(29)21-9-5-6-10-22(21)26-23(28)20-13-11-19(12-14-20)17-32(30,31)27-15-7-4-8-16-27/h5-6,9-14,18H,3-4,7-8,15-17H2,1-2H3,(H,25,29)(H,26,28)/t18-/m0/s1. The first-order valence-corrected chi connectivity index (χ1v) is 12.7. The third-order valence-corrected chi connectivity index (χ3v) is 7.53. The van der Waals surface area contributed by atoms with Crippen LogP contribution >= 0.6 is 0 Å². The molecule has 0 bridgehead atoms. The van der Waals surface area contributed by atoms with Gasteiger partial charge < -0.3 is 10.6 Å². The number of sulfonamides is 1. The fourth-order valence-electron chi connectivity index (χ4n) is 3.59. The van der Waals surface area contributed by atoms with Gasteiger partial charge in [0.1, 0.15) is 0 Å². The Morgan fingerprint density at radius 2 is 1.62 bits per heavy atom. The van der Waals surface area contributed by atoms with Crippen LogP contribution in [0.1, 0.15) is 65.8 Å². The number of hydrogen-bond acceptors (Lipinski definition) is 4. The van der Waals surface area contributed by atoms with Crippen molar-refractivity contribution in [1.29, 1.82) is 0 Å². The van der Waals surface area contributed by atoms with Gasteiger partial charge in [-0.1, -0.05) is 37.6 Å². The molecule has 0 saturated carbocycles. The third kappa shape index (κ3) is 6.17. The van der Waals surface area contributed by atoms with Crippen molar-refractivity contribution in [2.24, 2.45) is 0 Å². The van der Waals surface area contributed by atoms with Gasteiger partial charge in [0, 0.05) is 24.7 Å². The SMILES string of the molecule is CC[C@H](C)NC(=O)c1ccccc1NC(=O)c1ccc(CS(=O)(=O)N2CCCCC2)cc1. The molecule has 2 N–H and O–H groups in total. The minimum Gasteiger partial charge on any atom is -0.350 e. The number of para-hydroxylation sites is 1. The Hall–Kier alpha value is -2.71. The Labute approximate surface area is 190 Å². The Kier molecular flexibility index (Phi) is 8.04. The molecule has 1 saturated heterocycles. The highest BCUT2D eigenvalue weighted by Gasteiger charge is 2.24. The van der Waals surface area contributed by atoms with Gasteiger partial charge in [0.05, 0.1) is 17.0 Å². The van der Waals surface area contributed by atoms with Crippen molar-refractivity contribution >= 4 is 27.5 Å². The molecule has 2 aromatic rings. The van der Waals surface area contributed by atoms with E-state index < -0.39 is 10.0 Å². The van der Waals surface area contributed by atoms with Crippen LogP contribution < -0.4 is 10.6 Å². The lowest BCUT2D eigenvalue weighted by Crippen LogP contribution is -2.36. The predicted molar refractivity (Wildman–Crippen MR) is 126 cm³/mol. The van der Waals surface area contributed by atoms with Crippen LogP contribution in [0.5, 0.6) is 0 Å². The van der Waals surface area contributed by atoms with Gasteiger partial charge in [0.15, 0.2) is 0 Å². The predicted octanol–water partition coefficient (Wildman–Crippen LogP) is 3.78. The van der Waals surface area contributed by atoms with Gasteiger partial charge in [0.25, 0.3) is 11.8 Å². The van der Waals surface area contributed by atoms with E-state index in [4.69, 9.17) is 0 Å². The molecule has 8 heteroatoms. The largest absolute Gasteiger partial charge is 0.350 e. The second kappa shape index (κ2) is 10.7. The number of piperidine rings is 1. The molecule has 0 radical (unpaired) electrons. The van der Waals surface area contributed by atoms with Gasteiger partial charge in [-0.15, -0.1) is 0 Å². The summed E-state index contributed by atoms with van der Waals surface area (Å²) < 4.78 is 26.8. The molecule has 2 aromatic carbocycles. The van der Waals surface area contributed by atoms with Crippen molar-refractivity contribution in [2.75, 3.05) is 18.4 Å². The highest BCUT2D eigenvalue weighted by atomic mass is 32.2. The van der Waals surface area contributed by atoms with Gasteiger partial charge in [-0.05, 0) is 56.0 Å². The maximum Gasteiger partial charge on any atom is 0.255 e. The molecule has 1 heterocycles. The number of carbonyl (C=O) groups is 2. The third-order valence-electron chi connectivity index (χ3n) is 5.68. The summed E-state index contributed by atoms with van der Waals surface area (Å²) >= 11 is 0. The van der Waals surface area contributed by atoms with E-state index in [1.54, 1.807) is 52.8 Å². The number of nitrogens with zero attached hydrogens (tertiary/aromatic N) is 1. The van der Waals surface area contributed by atoms with Crippen LogP contribution in [0.3, 0.4) is 0 Å². The van der Waals surface area contributed by atoms with Crippen LogP contribution in [0, 0.1) is 0 Å². The molecule has 2 amide bonds. The zero-order valence-electron chi connectivity index (χ0n) is 18.6. The first kappa shape index (κ1) is 23.9. The van der Waals surface area contributed by atoms with Gasteiger partial charge in [-0.2, -0.15) is 0 Å². The zero-order chi connectivity index (χ0) is 23.1. The van der Waals surface area contributed by atoms with E-state index in [-0.39, 0.29) is 23.6 Å². The maximum atomic E-state index is 12.7. The van der Waals surface area contributed by atoms with Crippen molar-refractivity contribution in [3.63, 3.8) is 0 Å². The molecule has 3 rings (SSSR count). The Morgan fingerprint density at radius 1 is 0.969 bits per heavy atom. The highest BCUT2D eigenvalue weighted by molar-refractivity contribution is 7.88. The first-order valence-electron chi connectivity index (χ1n) is 11.1. The Bertz CT molecular complexity index is 1050. The molecule has 1 fully saturated rings. The topological polar surface area (TPSA) is 95.6 Å². The normalized spacial score (nSPS) is 15.7. The molecule has 0 aliphatic carbocycles. The molecule has 0 spiro atoms. The van der Waals surface area contributed by atoms with E-state index in [0.29, 0.717) is 35.5 Å². The lowest BCUT2D eigenvalue weighted by Gasteiger charge is -2.25. The van der Waals surface area contributed by atoms with Crippen LogP contribution in [0.4, 0.5) is 5.69 Å². The van der Waals surface area contributed by atoms with Crippen LogP contribution in [0.15, 0.2) is 48.5 Å². The second-order valence-corrected chi connectivity index (χ2v) is 10.2. The van der Waals surface area contributed by atoms with Crippen LogP contribution in [-0.2, 0) is 15.8 Å². The van der Waals surface area contributed by atoms with E-state index in [2.05, 4.69) is 10.6 Å². The summed E-state index contributed by atoms with van der Waals surface area (Å²) in [5, 5.41) is 5.70. The van der Waals surface area contributed by atoms with E-state index in [1.165, 1.54) is 0 Å². The van der Waals surface area contributed by atoms with Crippen molar-refractivity contribution in [3.05, 3.63) is 65.2 Å². The van der Waals surface area contributed by atoms with E-state index >= 15 is 0 Å². The lowest BCUT2D eigenvalue weighted by atomic mass is 10.1. The smallest absolute Gasteiger partial charge is 0.255 e. The summed E-state index contributed by atoms with van der Waals surface area (Å²) in [6, 6.07) is 13.4. The summed E-state index contributed by atoms with van der Waals surface area (Å²) in [5.41, 5.74) is 1.85. The molecular formula is C24H31N3O4S. The van der Waals surface area contributed by atoms with E-state index in [1.807, 2.05) is 13.8 Å². The Morgan fingerprint density at radius 3 is 2.28 bits per heavy atom. The zero-order valence-corrected chi connectivity index (χ0v) is 19.5. The summed E-state index contributed by atoms with van der Waals surface area (Å²) in [5.74, 6) is -0.680. The molecule has 0 unspecified atom stereocenters. The minimum absolute atomic E-state index is 0.0278. The molecule has 1 aliphatic rings. The molecule has 7 nitrogen and oxygen atoms in total. The fraction of sp³-hybridized carbons (Fsp3) is 0.417. The molecule has 172 valence electrons. The summed E-state index contributed by atoms with van der Waals surface area (Å²) in [4.78, 5) is 25.3. The summed E-state index contributed by atoms with van der Waals surface area (Å²) in [6.07, 6.45) is 3.67. The molecule has 1 atom stereocenters. The van der Waals surface area contributed by atoms with Crippen molar-refractivity contribution in [2.45, 2.75) is 51.3 Å². The van der Waals surface area contributed by atoms with Crippen molar-refractivity contribution in [3.8, 4) is 0 Å². The van der Waals surface area contributed by atoms with Crippen molar-refractivity contribution < 1.29 is 18.0 Å². The summed E-state index contributed by atoms with van der Waals surface area (Å²) in [7, 11) is -3.36. The quantitative estimate of drug-likeness (QED) is 0.631. The van der Waals surface area contributed by atoms with Crippen LogP contribution in [0.2, 0.25) is 0 Å². The average Bonchev–Trinajstić information content (AvgIpc) is 2.80.